The average Bonchev–Trinajstić information content (AvgIpc) is 3.03. The van der Waals surface area contributed by atoms with Crippen LogP contribution in [0, 0.1) is 19.8 Å². The molecule has 2 atom stereocenters. The van der Waals surface area contributed by atoms with Gasteiger partial charge in [-0.1, -0.05) is 29.8 Å². The number of ether oxygens (including phenoxy) is 1. The van der Waals surface area contributed by atoms with E-state index in [2.05, 4.69) is 63.9 Å². The Kier molecular flexibility index (Phi) is 9.35. The number of aromatic nitrogens is 3. The number of rotatable bonds is 6. The molecule has 0 saturated carbocycles. The molecule has 8 heteroatoms. The summed E-state index contributed by atoms with van der Waals surface area (Å²) >= 11 is 0. The summed E-state index contributed by atoms with van der Waals surface area (Å²) in [4.78, 5) is 4.68. The second-order valence-electron chi connectivity index (χ2n) is 7.40. The lowest BCUT2D eigenvalue weighted by Crippen LogP contribution is -2.42. The zero-order valence-electron chi connectivity index (χ0n) is 17.8. The minimum Gasteiger partial charge on any atom is -0.373 e. The fraction of sp³-hybridized carbons (Fsp3) is 0.571. The Bertz CT molecular complexity index is 789. The number of hydrogen-bond acceptors (Lipinski definition) is 4. The predicted molar refractivity (Wildman–Crippen MR) is 127 cm³/mol. The van der Waals surface area contributed by atoms with E-state index in [4.69, 9.17) is 4.74 Å². The Hall–Kier alpha value is -1.68. The van der Waals surface area contributed by atoms with Crippen LogP contribution >= 0.6 is 24.0 Å². The van der Waals surface area contributed by atoms with Gasteiger partial charge < -0.3 is 19.9 Å². The van der Waals surface area contributed by atoms with Gasteiger partial charge in [0.25, 0.3) is 0 Å². The first-order valence-corrected chi connectivity index (χ1v) is 10.1. The summed E-state index contributed by atoms with van der Waals surface area (Å²) in [6, 6.07) is 8.69. The van der Waals surface area contributed by atoms with Crippen molar-refractivity contribution in [2.45, 2.75) is 46.3 Å². The average molecular weight is 512 g/mol. The summed E-state index contributed by atoms with van der Waals surface area (Å²) in [6.45, 7) is 9.08. The van der Waals surface area contributed by atoms with Gasteiger partial charge in [0.15, 0.2) is 11.8 Å². The van der Waals surface area contributed by atoms with E-state index in [-0.39, 0.29) is 30.1 Å². The van der Waals surface area contributed by atoms with Gasteiger partial charge in [-0.2, -0.15) is 0 Å². The molecule has 2 N–H and O–H groups in total. The van der Waals surface area contributed by atoms with Crippen molar-refractivity contribution < 1.29 is 4.74 Å². The normalized spacial score (nSPS) is 19.5. The van der Waals surface area contributed by atoms with Crippen LogP contribution in [0.15, 0.2) is 29.3 Å². The molecule has 1 aromatic heterocycles. The Labute approximate surface area is 190 Å². The molecule has 0 spiro atoms. The van der Waals surface area contributed by atoms with Gasteiger partial charge >= 0.3 is 0 Å². The molecule has 1 fully saturated rings. The zero-order chi connectivity index (χ0) is 19.9. The van der Waals surface area contributed by atoms with E-state index in [0.29, 0.717) is 12.5 Å². The highest BCUT2D eigenvalue weighted by Gasteiger charge is 2.27. The summed E-state index contributed by atoms with van der Waals surface area (Å²) in [5, 5.41) is 15.1. The third-order valence-corrected chi connectivity index (χ3v) is 5.29. The van der Waals surface area contributed by atoms with Gasteiger partial charge in [-0.15, -0.1) is 34.2 Å². The van der Waals surface area contributed by atoms with Gasteiger partial charge in [0.1, 0.15) is 12.4 Å². The van der Waals surface area contributed by atoms with Crippen LogP contribution in [0.1, 0.15) is 48.6 Å². The molecule has 0 aliphatic carbocycles. The van der Waals surface area contributed by atoms with Crippen molar-refractivity contribution in [1.82, 2.24) is 25.4 Å². The van der Waals surface area contributed by atoms with Crippen molar-refractivity contribution in [2.24, 2.45) is 18.0 Å². The third-order valence-electron chi connectivity index (χ3n) is 5.29. The van der Waals surface area contributed by atoms with Crippen LogP contribution in [-0.2, 0) is 18.3 Å². The molecular weight excluding hydrogens is 479 g/mol. The molecule has 2 aromatic rings. The van der Waals surface area contributed by atoms with E-state index in [1.165, 1.54) is 11.1 Å². The summed E-state index contributed by atoms with van der Waals surface area (Å²) < 4.78 is 8.10. The molecule has 1 aliphatic heterocycles. The maximum Gasteiger partial charge on any atom is 0.191 e. The van der Waals surface area contributed by atoms with Crippen molar-refractivity contribution in [3.8, 4) is 0 Å². The van der Waals surface area contributed by atoms with Gasteiger partial charge in [0, 0.05) is 32.7 Å². The van der Waals surface area contributed by atoms with E-state index < -0.39 is 0 Å². The molecular formula is C21H33IN6O. The number of benzene rings is 1. The summed E-state index contributed by atoms with van der Waals surface area (Å²) in [5.74, 6) is 2.96. The van der Waals surface area contributed by atoms with Crippen LogP contribution in [0.2, 0.25) is 0 Å². The largest absolute Gasteiger partial charge is 0.373 e. The van der Waals surface area contributed by atoms with Crippen LogP contribution < -0.4 is 10.6 Å². The second kappa shape index (κ2) is 11.5. The highest BCUT2D eigenvalue weighted by Crippen LogP contribution is 2.33. The number of halogens is 1. The molecule has 2 unspecified atom stereocenters. The maximum absolute atomic E-state index is 6.13. The van der Waals surface area contributed by atoms with Gasteiger partial charge in [0.2, 0.25) is 0 Å². The van der Waals surface area contributed by atoms with Crippen LogP contribution in [-0.4, -0.2) is 40.4 Å². The molecule has 7 nitrogen and oxygen atoms in total. The second-order valence-corrected chi connectivity index (χ2v) is 7.40. The number of nitrogens with zero attached hydrogens (tertiary/aromatic N) is 4. The standard InChI is InChI=1S/C21H32N6O.HI/c1-5-22-21(24-14-19-26-25-16(3)27(19)4)23-13-18-7-6-12-28-20(18)17-10-8-15(2)9-11-17;/h8-11,18,20H,5-7,12-14H2,1-4H3,(H2,22,23,24);1H. The van der Waals surface area contributed by atoms with Crippen LogP contribution in [0.5, 0.6) is 0 Å². The summed E-state index contributed by atoms with van der Waals surface area (Å²) in [5.41, 5.74) is 2.53. The number of hydrogen-bond donors (Lipinski definition) is 2. The molecule has 2 heterocycles. The van der Waals surface area contributed by atoms with Crippen molar-refractivity contribution >= 4 is 29.9 Å². The lowest BCUT2D eigenvalue weighted by Gasteiger charge is -2.32. The molecule has 29 heavy (non-hydrogen) atoms. The predicted octanol–water partition coefficient (Wildman–Crippen LogP) is 3.27. The number of aliphatic imine (C=N–C) groups is 1. The van der Waals surface area contributed by atoms with Gasteiger partial charge in [-0.05, 0) is 39.2 Å². The smallest absolute Gasteiger partial charge is 0.191 e. The van der Waals surface area contributed by atoms with Crippen molar-refractivity contribution in [3.05, 3.63) is 47.0 Å². The fourth-order valence-electron chi connectivity index (χ4n) is 3.48. The molecule has 1 aliphatic rings. The molecule has 0 amide bonds. The minimum absolute atomic E-state index is 0. The number of aryl methyl sites for hydroxylation is 2. The van der Waals surface area contributed by atoms with Crippen molar-refractivity contribution in [2.75, 3.05) is 19.7 Å². The number of nitrogens with one attached hydrogen (secondary N) is 2. The van der Waals surface area contributed by atoms with Crippen molar-refractivity contribution in [3.63, 3.8) is 0 Å². The topological polar surface area (TPSA) is 76.4 Å². The van der Waals surface area contributed by atoms with Crippen LogP contribution in [0.3, 0.4) is 0 Å². The Morgan fingerprint density at radius 3 is 2.62 bits per heavy atom. The summed E-state index contributed by atoms with van der Waals surface area (Å²) in [7, 11) is 1.96. The molecule has 0 bridgehead atoms. The van der Waals surface area contributed by atoms with E-state index in [9.17, 15) is 0 Å². The van der Waals surface area contributed by atoms with E-state index in [0.717, 1.165) is 50.1 Å². The molecule has 3 rings (SSSR count). The molecule has 1 aromatic carbocycles. The third kappa shape index (κ3) is 6.40. The van der Waals surface area contributed by atoms with Crippen molar-refractivity contribution in [1.29, 1.82) is 0 Å². The highest BCUT2D eigenvalue weighted by atomic mass is 127. The molecule has 160 valence electrons. The lowest BCUT2D eigenvalue weighted by atomic mass is 9.89. The maximum atomic E-state index is 6.13. The number of guanidine groups is 1. The van der Waals surface area contributed by atoms with Crippen LogP contribution in [0.25, 0.3) is 0 Å². The summed E-state index contributed by atoms with van der Waals surface area (Å²) in [6.07, 6.45) is 2.37. The van der Waals surface area contributed by atoms with E-state index in [1.54, 1.807) is 0 Å². The Morgan fingerprint density at radius 2 is 1.97 bits per heavy atom. The Balaban J connectivity index is 0.00000300. The highest BCUT2D eigenvalue weighted by molar-refractivity contribution is 14.0. The van der Waals surface area contributed by atoms with Gasteiger partial charge in [0.05, 0.1) is 6.10 Å². The zero-order valence-corrected chi connectivity index (χ0v) is 20.1. The quantitative estimate of drug-likeness (QED) is 0.353. The van der Waals surface area contributed by atoms with Crippen LogP contribution in [0.4, 0.5) is 0 Å². The van der Waals surface area contributed by atoms with Gasteiger partial charge in [-0.3, -0.25) is 0 Å². The minimum atomic E-state index is 0. The van der Waals surface area contributed by atoms with E-state index in [1.807, 2.05) is 18.5 Å². The first-order valence-electron chi connectivity index (χ1n) is 10.1. The van der Waals surface area contributed by atoms with Gasteiger partial charge in [-0.25, -0.2) is 4.99 Å². The first-order chi connectivity index (χ1) is 13.6. The Morgan fingerprint density at radius 1 is 1.21 bits per heavy atom. The SMILES string of the molecule is CCNC(=NCc1nnc(C)n1C)NCC1CCCOC1c1ccc(C)cc1.I. The lowest BCUT2D eigenvalue weighted by molar-refractivity contribution is -0.0265. The first kappa shape index (κ1) is 23.6. The fourth-order valence-corrected chi connectivity index (χ4v) is 3.48. The van der Waals surface area contributed by atoms with E-state index >= 15 is 0 Å². The molecule has 0 radical (unpaired) electrons. The monoisotopic (exact) mass is 512 g/mol. The molecule has 1 saturated heterocycles.